The molecule has 1 heterocycles. The molecule has 2 heteroatoms. The zero-order chi connectivity index (χ0) is 6.32. The van der Waals surface area contributed by atoms with Gasteiger partial charge in [0.25, 0.3) is 0 Å². The second-order valence-corrected chi connectivity index (χ2v) is 3.28. The molecule has 2 nitrogen and oxygen atoms in total. The Kier molecular flexibility index (Phi) is 1.08. The van der Waals surface area contributed by atoms with E-state index in [0.717, 1.165) is 13.2 Å². The summed E-state index contributed by atoms with van der Waals surface area (Å²) in [6.45, 7) is 4.09. The van der Waals surface area contributed by atoms with Crippen LogP contribution < -0.4 is 5.32 Å². The lowest BCUT2D eigenvalue weighted by molar-refractivity contribution is 0.00795. The summed E-state index contributed by atoms with van der Waals surface area (Å²) in [5.41, 5.74) is 0.437. The molecule has 1 unspecified atom stereocenters. The number of morpholine rings is 1. The van der Waals surface area contributed by atoms with Gasteiger partial charge < -0.3 is 10.1 Å². The van der Waals surface area contributed by atoms with E-state index < -0.39 is 0 Å². The van der Waals surface area contributed by atoms with Crippen LogP contribution in [0.4, 0.5) is 0 Å². The van der Waals surface area contributed by atoms with Gasteiger partial charge in [0.05, 0.1) is 12.7 Å². The van der Waals surface area contributed by atoms with Crippen LogP contribution in [-0.2, 0) is 4.74 Å². The van der Waals surface area contributed by atoms with Crippen LogP contribution >= 0.6 is 0 Å². The molecule has 2 fully saturated rings. The van der Waals surface area contributed by atoms with Crippen molar-refractivity contribution >= 4 is 0 Å². The summed E-state index contributed by atoms with van der Waals surface area (Å²) >= 11 is 0. The lowest BCUT2D eigenvalue weighted by Gasteiger charge is -2.27. The van der Waals surface area contributed by atoms with Crippen LogP contribution in [-0.4, -0.2) is 24.8 Å². The van der Waals surface area contributed by atoms with Crippen LogP contribution in [0.5, 0.6) is 0 Å². The van der Waals surface area contributed by atoms with E-state index in [-0.39, 0.29) is 0 Å². The Hall–Kier alpha value is -0.0800. The van der Waals surface area contributed by atoms with Crippen molar-refractivity contribution in [1.29, 1.82) is 0 Å². The van der Waals surface area contributed by atoms with Crippen LogP contribution in [0, 0.1) is 0 Å². The first-order valence-corrected chi connectivity index (χ1v) is 3.67. The molecule has 0 bridgehead atoms. The van der Waals surface area contributed by atoms with Gasteiger partial charge in [0.15, 0.2) is 0 Å². The van der Waals surface area contributed by atoms with Gasteiger partial charge >= 0.3 is 0 Å². The molecule has 2 rings (SSSR count). The van der Waals surface area contributed by atoms with Crippen molar-refractivity contribution in [2.75, 3.05) is 13.2 Å². The van der Waals surface area contributed by atoms with Gasteiger partial charge in [-0.25, -0.2) is 0 Å². The smallest absolute Gasteiger partial charge is 0.0672 e. The number of ether oxygens (including phenoxy) is 1. The molecule has 0 aromatic carbocycles. The Bertz CT molecular complexity index is 110. The zero-order valence-electron chi connectivity index (χ0n) is 5.81. The van der Waals surface area contributed by atoms with Gasteiger partial charge in [0.2, 0.25) is 0 Å². The fourth-order valence-corrected chi connectivity index (χ4v) is 1.24. The van der Waals surface area contributed by atoms with E-state index in [4.69, 9.17) is 4.74 Å². The third kappa shape index (κ3) is 0.970. The van der Waals surface area contributed by atoms with Crippen molar-refractivity contribution in [2.24, 2.45) is 0 Å². The van der Waals surface area contributed by atoms with Gasteiger partial charge in [-0.15, -0.1) is 0 Å². The predicted octanol–water partition coefficient (Wildman–Crippen LogP) is 0.527. The largest absolute Gasteiger partial charge is 0.375 e. The van der Waals surface area contributed by atoms with E-state index >= 15 is 0 Å². The van der Waals surface area contributed by atoms with Crippen molar-refractivity contribution < 1.29 is 4.74 Å². The molecular weight excluding hydrogens is 114 g/mol. The highest BCUT2D eigenvalue weighted by atomic mass is 16.5. The summed E-state index contributed by atoms with van der Waals surface area (Å²) in [6.07, 6.45) is 3.07. The van der Waals surface area contributed by atoms with Crippen molar-refractivity contribution in [2.45, 2.75) is 31.4 Å². The average Bonchev–Trinajstić information content (AvgIpc) is 2.60. The molecule has 0 aromatic rings. The minimum atomic E-state index is 0.427. The van der Waals surface area contributed by atoms with Gasteiger partial charge in [-0.3, -0.25) is 0 Å². The number of rotatable bonds is 0. The van der Waals surface area contributed by atoms with Crippen LogP contribution in [0.1, 0.15) is 19.8 Å². The first-order chi connectivity index (χ1) is 4.31. The van der Waals surface area contributed by atoms with Gasteiger partial charge in [0, 0.05) is 12.1 Å². The predicted molar refractivity (Wildman–Crippen MR) is 35.4 cm³/mol. The van der Waals surface area contributed by atoms with Gasteiger partial charge in [0.1, 0.15) is 0 Å². The zero-order valence-corrected chi connectivity index (χ0v) is 5.81. The molecule has 2 aliphatic rings. The summed E-state index contributed by atoms with van der Waals surface area (Å²) in [7, 11) is 0. The SMILES string of the molecule is CC1CNC2(CC2)CO1. The maximum atomic E-state index is 5.49. The van der Waals surface area contributed by atoms with E-state index in [1.54, 1.807) is 0 Å². The quantitative estimate of drug-likeness (QED) is 0.512. The minimum Gasteiger partial charge on any atom is -0.375 e. The highest BCUT2D eigenvalue weighted by Gasteiger charge is 2.44. The molecule has 0 radical (unpaired) electrons. The summed E-state index contributed by atoms with van der Waals surface area (Å²) in [4.78, 5) is 0. The lowest BCUT2D eigenvalue weighted by atomic mass is 10.2. The van der Waals surface area contributed by atoms with Crippen molar-refractivity contribution in [3.8, 4) is 0 Å². The van der Waals surface area contributed by atoms with E-state index in [0.29, 0.717) is 11.6 Å². The molecule has 0 amide bonds. The molecule has 1 aliphatic heterocycles. The average molecular weight is 127 g/mol. The summed E-state index contributed by atoms with van der Waals surface area (Å²) in [5, 5.41) is 3.49. The second kappa shape index (κ2) is 1.70. The van der Waals surface area contributed by atoms with Gasteiger partial charge in [-0.1, -0.05) is 0 Å². The lowest BCUT2D eigenvalue weighted by Crippen LogP contribution is -2.47. The summed E-state index contributed by atoms with van der Waals surface area (Å²) in [6, 6.07) is 0. The molecule has 1 saturated carbocycles. The molecule has 1 saturated heterocycles. The second-order valence-electron chi connectivity index (χ2n) is 3.28. The molecular formula is C7H13NO. The van der Waals surface area contributed by atoms with Crippen molar-refractivity contribution in [1.82, 2.24) is 5.32 Å². The summed E-state index contributed by atoms with van der Waals surface area (Å²) < 4.78 is 5.49. The molecule has 0 aromatic heterocycles. The minimum absolute atomic E-state index is 0.427. The first-order valence-electron chi connectivity index (χ1n) is 3.67. The molecule has 52 valence electrons. The Morgan fingerprint density at radius 3 is 2.78 bits per heavy atom. The number of hydrogen-bond acceptors (Lipinski definition) is 2. The van der Waals surface area contributed by atoms with E-state index in [1.165, 1.54) is 12.8 Å². The van der Waals surface area contributed by atoms with Gasteiger partial charge in [-0.05, 0) is 19.8 Å². The van der Waals surface area contributed by atoms with Crippen LogP contribution in [0.25, 0.3) is 0 Å². The topological polar surface area (TPSA) is 21.3 Å². The van der Waals surface area contributed by atoms with Crippen molar-refractivity contribution in [3.05, 3.63) is 0 Å². The van der Waals surface area contributed by atoms with E-state index in [2.05, 4.69) is 12.2 Å². The normalized spacial score (nSPS) is 39.0. The summed E-state index contributed by atoms with van der Waals surface area (Å²) in [5.74, 6) is 0. The monoisotopic (exact) mass is 127 g/mol. The van der Waals surface area contributed by atoms with Crippen LogP contribution in [0.3, 0.4) is 0 Å². The Labute approximate surface area is 55.6 Å². The number of hydrogen-bond donors (Lipinski definition) is 1. The highest BCUT2D eigenvalue weighted by molar-refractivity contribution is 5.04. The van der Waals surface area contributed by atoms with E-state index in [1.807, 2.05) is 0 Å². The maximum absolute atomic E-state index is 5.49. The Balaban J connectivity index is 1.91. The molecule has 1 aliphatic carbocycles. The Morgan fingerprint density at radius 1 is 1.56 bits per heavy atom. The van der Waals surface area contributed by atoms with Crippen molar-refractivity contribution in [3.63, 3.8) is 0 Å². The van der Waals surface area contributed by atoms with Crippen LogP contribution in [0.15, 0.2) is 0 Å². The third-order valence-electron chi connectivity index (χ3n) is 2.26. The maximum Gasteiger partial charge on any atom is 0.0672 e. The molecule has 1 spiro atoms. The fraction of sp³-hybridized carbons (Fsp3) is 1.00. The standard InChI is InChI=1S/C7H13NO/c1-6-4-8-7(2-3-7)5-9-6/h6,8H,2-5H2,1H3. The Morgan fingerprint density at radius 2 is 2.33 bits per heavy atom. The number of nitrogens with one attached hydrogen (secondary N) is 1. The molecule has 9 heavy (non-hydrogen) atoms. The molecule has 1 N–H and O–H groups in total. The fourth-order valence-electron chi connectivity index (χ4n) is 1.24. The first kappa shape index (κ1) is 5.69. The van der Waals surface area contributed by atoms with Gasteiger partial charge in [-0.2, -0.15) is 0 Å². The third-order valence-corrected chi connectivity index (χ3v) is 2.26. The molecule has 1 atom stereocenters. The van der Waals surface area contributed by atoms with E-state index in [9.17, 15) is 0 Å². The highest BCUT2D eigenvalue weighted by Crippen LogP contribution is 2.37. The van der Waals surface area contributed by atoms with Crippen LogP contribution in [0.2, 0.25) is 0 Å².